The predicted molar refractivity (Wildman–Crippen MR) is 128 cm³/mol. The molecular weight excluding hydrogens is 400 g/mol. The molecule has 0 amide bonds. The Morgan fingerprint density at radius 2 is 1.84 bits per heavy atom. The van der Waals surface area contributed by atoms with Crippen molar-refractivity contribution in [3.63, 3.8) is 0 Å². The van der Waals surface area contributed by atoms with E-state index < -0.39 is 0 Å². The van der Waals surface area contributed by atoms with E-state index in [4.69, 9.17) is 15.8 Å². The fourth-order valence-corrected chi connectivity index (χ4v) is 3.72. The third-order valence-corrected chi connectivity index (χ3v) is 5.40. The third kappa shape index (κ3) is 4.61. The molecule has 1 aromatic carbocycles. The number of nitrogen functional groups attached to an aromatic ring is 1. The number of likely N-dealkylation sites (N-methyl/N-ethyl adjacent to an activating group) is 1. The molecule has 8 heteroatoms. The maximum atomic E-state index is 5.79. The molecule has 0 aliphatic carbocycles. The standard InChI is InChI=1S/C24H30N8/c1-16(2)22-23-24(32(29-22)30-25)20(27-21(28-23)12-14-31(3)4)15-17-8-10-18(11-9-17)19-7-5-6-13-26-19/h5-11,13,16,30H,12,14-15,25H2,1-4H3. The average Bonchev–Trinajstić information content (AvgIpc) is 3.18. The zero-order chi connectivity index (χ0) is 22.7. The lowest BCUT2D eigenvalue weighted by atomic mass is 10.0. The van der Waals surface area contributed by atoms with E-state index in [0.29, 0.717) is 6.42 Å². The van der Waals surface area contributed by atoms with Gasteiger partial charge in [-0.05, 0) is 37.7 Å². The Morgan fingerprint density at radius 1 is 1.06 bits per heavy atom. The summed E-state index contributed by atoms with van der Waals surface area (Å²) >= 11 is 0. The minimum absolute atomic E-state index is 0.217. The van der Waals surface area contributed by atoms with Crippen molar-refractivity contribution in [3.05, 3.63) is 71.4 Å². The fraction of sp³-hybridized carbons (Fsp3) is 0.333. The Labute approximate surface area is 188 Å². The Bertz CT molecular complexity index is 1180. The molecule has 0 saturated heterocycles. The van der Waals surface area contributed by atoms with Crippen molar-refractivity contribution in [2.75, 3.05) is 26.2 Å². The summed E-state index contributed by atoms with van der Waals surface area (Å²) in [7, 11) is 4.11. The monoisotopic (exact) mass is 430 g/mol. The maximum Gasteiger partial charge on any atom is 0.134 e. The van der Waals surface area contributed by atoms with E-state index in [9.17, 15) is 0 Å². The molecule has 32 heavy (non-hydrogen) atoms. The lowest BCUT2D eigenvalue weighted by Gasteiger charge is -2.12. The zero-order valence-electron chi connectivity index (χ0n) is 19.1. The first-order valence-electron chi connectivity index (χ1n) is 10.9. The Kier molecular flexibility index (Phi) is 6.43. The van der Waals surface area contributed by atoms with Crippen LogP contribution in [-0.4, -0.2) is 50.4 Å². The molecule has 0 fully saturated rings. The zero-order valence-corrected chi connectivity index (χ0v) is 19.1. The summed E-state index contributed by atoms with van der Waals surface area (Å²) in [6, 6.07) is 14.4. The number of benzene rings is 1. The molecule has 3 heterocycles. The van der Waals surface area contributed by atoms with Gasteiger partial charge >= 0.3 is 0 Å². The van der Waals surface area contributed by atoms with Crippen molar-refractivity contribution in [1.82, 2.24) is 29.7 Å². The van der Waals surface area contributed by atoms with Crippen LogP contribution >= 0.6 is 0 Å². The third-order valence-electron chi connectivity index (χ3n) is 5.40. The average molecular weight is 431 g/mol. The second-order valence-electron chi connectivity index (χ2n) is 8.51. The lowest BCUT2D eigenvalue weighted by molar-refractivity contribution is 0.409. The number of hydrazine groups is 1. The van der Waals surface area contributed by atoms with Gasteiger partial charge < -0.3 is 4.90 Å². The van der Waals surface area contributed by atoms with Crippen LogP contribution in [0.5, 0.6) is 0 Å². The van der Waals surface area contributed by atoms with E-state index in [1.165, 1.54) is 0 Å². The number of nitrogens with two attached hydrogens (primary N) is 1. The summed E-state index contributed by atoms with van der Waals surface area (Å²) in [6.07, 6.45) is 3.23. The van der Waals surface area contributed by atoms with Gasteiger partial charge in [-0.2, -0.15) is 9.89 Å². The van der Waals surface area contributed by atoms with Crippen LogP contribution in [0.3, 0.4) is 0 Å². The maximum absolute atomic E-state index is 5.79. The summed E-state index contributed by atoms with van der Waals surface area (Å²) < 4.78 is 0. The van der Waals surface area contributed by atoms with Gasteiger partial charge in [-0.25, -0.2) is 21.3 Å². The van der Waals surface area contributed by atoms with Gasteiger partial charge in [-0.1, -0.05) is 44.2 Å². The summed E-state index contributed by atoms with van der Waals surface area (Å²) in [5.74, 6) is 6.83. The Balaban J connectivity index is 1.74. The van der Waals surface area contributed by atoms with E-state index in [2.05, 4.69) is 72.7 Å². The first-order valence-corrected chi connectivity index (χ1v) is 10.9. The minimum Gasteiger partial charge on any atom is -0.309 e. The summed E-state index contributed by atoms with van der Waals surface area (Å²) in [5, 5.41) is 4.66. The molecule has 3 N–H and O–H groups in total. The fourth-order valence-electron chi connectivity index (χ4n) is 3.72. The number of aromatic nitrogens is 5. The van der Waals surface area contributed by atoms with Crippen LogP contribution in [0.4, 0.5) is 0 Å². The van der Waals surface area contributed by atoms with Gasteiger partial charge in [0.05, 0.1) is 17.1 Å². The number of hydrogen-bond donors (Lipinski definition) is 2. The van der Waals surface area contributed by atoms with Crippen molar-refractivity contribution in [3.8, 4) is 11.3 Å². The van der Waals surface area contributed by atoms with Gasteiger partial charge in [-0.3, -0.25) is 4.98 Å². The SMILES string of the molecule is CC(C)c1nn(NN)c2c(Cc3ccc(-c4ccccn4)cc3)nc(CCN(C)C)nc12. The molecule has 8 nitrogen and oxygen atoms in total. The summed E-state index contributed by atoms with van der Waals surface area (Å²) in [5.41, 5.74) is 9.40. The number of fused-ring (bicyclic) bond motifs is 1. The van der Waals surface area contributed by atoms with Crippen LogP contribution in [0, 0.1) is 0 Å². The largest absolute Gasteiger partial charge is 0.309 e. The Morgan fingerprint density at radius 3 is 2.47 bits per heavy atom. The first-order chi connectivity index (χ1) is 15.5. The number of nitrogens with one attached hydrogen (secondary N) is 1. The van der Waals surface area contributed by atoms with Crippen LogP contribution in [0.2, 0.25) is 0 Å². The molecular formula is C24H30N8. The molecule has 166 valence electrons. The van der Waals surface area contributed by atoms with Crippen molar-refractivity contribution in [1.29, 1.82) is 0 Å². The lowest BCUT2D eigenvalue weighted by Crippen LogP contribution is -2.24. The molecule has 3 aromatic heterocycles. The van der Waals surface area contributed by atoms with Crippen LogP contribution in [0.15, 0.2) is 48.7 Å². The topological polar surface area (TPSA) is 97.8 Å². The number of hydrogen-bond acceptors (Lipinski definition) is 7. The van der Waals surface area contributed by atoms with Crippen LogP contribution in [0.1, 0.15) is 42.5 Å². The van der Waals surface area contributed by atoms with Crippen LogP contribution < -0.4 is 11.4 Å². The summed E-state index contributed by atoms with van der Waals surface area (Å²) in [4.78, 5) is 18.0. The van der Waals surface area contributed by atoms with E-state index >= 15 is 0 Å². The molecule has 0 aliphatic rings. The minimum atomic E-state index is 0.217. The second kappa shape index (κ2) is 9.42. The van der Waals surface area contributed by atoms with Crippen molar-refractivity contribution >= 4 is 11.0 Å². The van der Waals surface area contributed by atoms with Gasteiger partial charge in [0, 0.05) is 31.1 Å². The number of pyridine rings is 1. The number of rotatable bonds is 8. The molecule has 4 rings (SSSR count). The highest BCUT2D eigenvalue weighted by Crippen LogP contribution is 2.27. The highest BCUT2D eigenvalue weighted by Gasteiger charge is 2.20. The highest BCUT2D eigenvalue weighted by atomic mass is 15.7. The van der Waals surface area contributed by atoms with Gasteiger partial charge in [-0.15, -0.1) is 0 Å². The first kappa shape index (κ1) is 21.9. The highest BCUT2D eigenvalue weighted by molar-refractivity contribution is 5.81. The molecule has 0 atom stereocenters. The smallest absolute Gasteiger partial charge is 0.134 e. The van der Waals surface area contributed by atoms with Crippen LogP contribution in [0.25, 0.3) is 22.3 Å². The van der Waals surface area contributed by atoms with Gasteiger partial charge in [0.1, 0.15) is 16.9 Å². The van der Waals surface area contributed by atoms with Crippen molar-refractivity contribution in [2.24, 2.45) is 5.84 Å². The van der Waals surface area contributed by atoms with Gasteiger partial charge in [0.2, 0.25) is 0 Å². The number of nitrogens with zero attached hydrogens (tertiary/aromatic N) is 6. The van der Waals surface area contributed by atoms with Crippen molar-refractivity contribution < 1.29 is 0 Å². The van der Waals surface area contributed by atoms with Gasteiger partial charge in [0.15, 0.2) is 0 Å². The second-order valence-corrected chi connectivity index (χ2v) is 8.51. The van der Waals surface area contributed by atoms with E-state index in [-0.39, 0.29) is 5.92 Å². The molecule has 4 aromatic rings. The van der Waals surface area contributed by atoms with Gasteiger partial charge in [0.25, 0.3) is 0 Å². The van der Waals surface area contributed by atoms with E-state index in [0.717, 1.165) is 58.0 Å². The molecule has 0 aliphatic heterocycles. The molecule has 0 bridgehead atoms. The normalized spacial score (nSPS) is 11.6. The quantitative estimate of drug-likeness (QED) is 0.327. The van der Waals surface area contributed by atoms with E-state index in [1.807, 2.05) is 24.4 Å². The molecule has 0 spiro atoms. The molecule has 0 unspecified atom stereocenters. The van der Waals surface area contributed by atoms with E-state index in [1.54, 1.807) is 4.79 Å². The van der Waals surface area contributed by atoms with Crippen molar-refractivity contribution in [2.45, 2.75) is 32.6 Å². The Hall–Kier alpha value is -3.36. The van der Waals surface area contributed by atoms with Crippen LogP contribution in [-0.2, 0) is 12.8 Å². The predicted octanol–water partition coefficient (Wildman–Crippen LogP) is 3.12. The molecule has 0 radical (unpaired) electrons. The summed E-state index contributed by atoms with van der Waals surface area (Å²) in [6.45, 7) is 5.10. The molecule has 0 saturated carbocycles.